The normalized spacial score (nSPS) is 12.5. The van der Waals surface area contributed by atoms with Crippen LogP contribution in [0.5, 0.6) is 0 Å². The monoisotopic (exact) mass is 563 g/mol. The van der Waals surface area contributed by atoms with Crippen molar-refractivity contribution >= 4 is 39.1 Å². The predicted octanol–water partition coefficient (Wildman–Crippen LogP) is 9.72. The number of hydrogen-bond acceptors (Lipinski definition) is 1. The van der Waals surface area contributed by atoms with Gasteiger partial charge in [-0.05, 0) is 100 Å². The van der Waals surface area contributed by atoms with Crippen molar-refractivity contribution in [2.24, 2.45) is 0 Å². The van der Waals surface area contributed by atoms with Crippen LogP contribution in [-0.4, -0.2) is 0 Å². The van der Waals surface area contributed by atoms with Crippen molar-refractivity contribution in [3.05, 3.63) is 191 Å². The molecule has 210 valence electrons. The third-order valence-electron chi connectivity index (χ3n) is 8.42. The topological polar surface area (TPSA) is 3.24 Å². The van der Waals surface area contributed by atoms with Gasteiger partial charge in [-0.2, -0.15) is 0 Å². The average Bonchev–Trinajstić information content (AvgIpc) is 3.29. The molecule has 44 heavy (non-hydrogen) atoms. The molecule has 0 bridgehead atoms. The van der Waals surface area contributed by atoms with Gasteiger partial charge in [0.1, 0.15) is 0 Å². The Hall–Kier alpha value is -5.62. The van der Waals surface area contributed by atoms with Gasteiger partial charge in [-0.1, -0.05) is 121 Å². The maximum atomic E-state index is 3.45. The zero-order chi connectivity index (χ0) is 29.9. The molecule has 0 spiro atoms. The highest BCUT2D eigenvalue weighted by atomic mass is 15.1. The largest absolute Gasteiger partial charge is 0.310 e. The summed E-state index contributed by atoms with van der Waals surface area (Å²) >= 11 is 0. The summed E-state index contributed by atoms with van der Waals surface area (Å²) in [6, 6.07) is 50.1. The molecule has 0 amide bonds. The second-order valence-corrected chi connectivity index (χ2v) is 11.1. The van der Waals surface area contributed by atoms with Gasteiger partial charge in [0.15, 0.2) is 0 Å². The summed E-state index contributed by atoms with van der Waals surface area (Å²) in [5, 5.41) is 4.74. The second kappa shape index (κ2) is 11.9. The van der Waals surface area contributed by atoms with Gasteiger partial charge in [-0.15, -0.1) is 5.73 Å². The van der Waals surface area contributed by atoms with Crippen molar-refractivity contribution < 1.29 is 0 Å². The SMILES string of the molecule is C/C=C(/c1ccc(N(C2=c3ccccc3=C=CC=C2)c2ccc(-c3cccc4ccccc34)cc2)cc1)c1ccccc1C. The number of anilines is 2. The number of allylic oxidation sites excluding steroid dienone is 3. The zero-order valence-corrected chi connectivity index (χ0v) is 25.0. The molecular formula is C43H33N. The van der Waals surface area contributed by atoms with E-state index in [2.05, 4.69) is 182 Å². The molecule has 0 atom stereocenters. The summed E-state index contributed by atoms with van der Waals surface area (Å²) in [6.45, 7) is 4.29. The highest BCUT2D eigenvalue weighted by Crippen LogP contribution is 2.36. The Labute approximate surface area is 259 Å². The van der Waals surface area contributed by atoms with Crippen LogP contribution in [0.15, 0.2) is 164 Å². The maximum absolute atomic E-state index is 3.45. The Bertz CT molecular complexity index is 2200. The van der Waals surface area contributed by atoms with E-state index in [0.717, 1.165) is 27.5 Å². The summed E-state index contributed by atoms with van der Waals surface area (Å²) in [5.41, 5.74) is 14.2. The van der Waals surface area contributed by atoms with Gasteiger partial charge in [0, 0.05) is 21.8 Å². The minimum atomic E-state index is 1.08. The Morgan fingerprint density at radius 1 is 0.659 bits per heavy atom. The highest BCUT2D eigenvalue weighted by Gasteiger charge is 2.16. The Kier molecular flexibility index (Phi) is 7.39. The van der Waals surface area contributed by atoms with Crippen molar-refractivity contribution in [2.75, 3.05) is 4.90 Å². The number of rotatable bonds is 6. The lowest BCUT2D eigenvalue weighted by Crippen LogP contribution is -2.31. The van der Waals surface area contributed by atoms with E-state index in [1.54, 1.807) is 0 Å². The highest BCUT2D eigenvalue weighted by molar-refractivity contribution is 5.97. The number of nitrogens with zero attached hydrogens (tertiary/aromatic N) is 1. The van der Waals surface area contributed by atoms with E-state index in [4.69, 9.17) is 0 Å². The van der Waals surface area contributed by atoms with Gasteiger partial charge >= 0.3 is 0 Å². The first-order chi connectivity index (χ1) is 21.7. The molecule has 0 saturated carbocycles. The smallest absolute Gasteiger partial charge is 0.0546 e. The molecule has 0 aromatic heterocycles. The first-order valence-electron chi connectivity index (χ1n) is 15.1. The standard InChI is InChI=1S/C43H33N/c1-3-38(39-18-8-4-13-31(39)2)34-23-27-36(28-24-34)44(43-22-11-7-16-33-15-6-10-20-42(33)43)37-29-25-35(26-30-37)41-21-12-17-32-14-5-9-19-40(32)41/h3-15,17-30H,1-2H3/b38-3-. The van der Waals surface area contributed by atoms with Gasteiger partial charge in [0.05, 0.1) is 5.70 Å². The van der Waals surface area contributed by atoms with Gasteiger partial charge in [0.25, 0.3) is 0 Å². The fourth-order valence-electron chi connectivity index (χ4n) is 6.23. The summed E-state index contributed by atoms with van der Waals surface area (Å²) in [6.07, 6.45) is 8.48. The molecule has 0 heterocycles. The van der Waals surface area contributed by atoms with E-state index in [0.29, 0.717) is 0 Å². The molecular weight excluding hydrogens is 530 g/mol. The first kappa shape index (κ1) is 27.2. The van der Waals surface area contributed by atoms with E-state index in [1.807, 2.05) is 6.08 Å². The lowest BCUT2D eigenvalue weighted by atomic mass is 9.94. The van der Waals surface area contributed by atoms with E-state index in [-0.39, 0.29) is 0 Å². The zero-order valence-electron chi connectivity index (χ0n) is 25.0. The van der Waals surface area contributed by atoms with E-state index in [1.165, 1.54) is 44.2 Å². The molecule has 0 radical (unpaired) electrons. The van der Waals surface area contributed by atoms with Gasteiger partial charge in [-0.25, -0.2) is 0 Å². The minimum Gasteiger partial charge on any atom is -0.310 e. The molecule has 0 unspecified atom stereocenters. The Morgan fingerprint density at radius 3 is 2.14 bits per heavy atom. The van der Waals surface area contributed by atoms with Crippen LogP contribution in [0, 0.1) is 6.92 Å². The number of benzene rings is 6. The Balaban J connectivity index is 1.36. The fraction of sp³-hybridized carbons (Fsp3) is 0.0465. The molecule has 1 aliphatic rings. The molecule has 0 N–H and O–H groups in total. The molecule has 0 fully saturated rings. The van der Waals surface area contributed by atoms with Crippen LogP contribution in [0.2, 0.25) is 0 Å². The molecule has 0 saturated heterocycles. The second-order valence-electron chi connectivity index (χ2n) is 11.1. The van der Waals surface area contributed by atoms with E-state index < -0.39 is 0 Å². The molecule has 6 aromatic carbocycles. The van der Waals surface area contributed by atoms with E-state index in [9.17, 15) is 0 Å². The van der Waals surface area contributed by atoms with Crippen LogP contribution in [0.1, 0.15) is 23.6 Å². The van der Waals surface area contributed by atoms with Crippen LogP contribution in [-0.2, 0) is 0 Å². The van der Waals surface area contributed by atoms with Gasteiger partial charge in [-0.3, -0.25) is 0 Å². The fourth-order valence-corrected chi connectivity index (χ4v) is 6.23. The number of aryl methyl sites for hydroxylation is 1. The van der Waals surface area contributed by atoms with Crippen molar-refractivity contribution in [3.63, 3.8) is 0 Å². The van der Waals surface area contributed by atoms with Crippen LogP contribution >= 0.6 is 0 Å². The third kappa shape index (κ3) is 5.11. The summed E-state index contributed by atoms with van der Waals surface area (Å²) in [7, 11) is 0. The summed E-state index contributed by atoms with van der Waals surface area (Å²) in [5.74, 6) is 0. The number of fused-ring (bicyclic) bond motifs is 2. The Morgan fingerprint density at radius 2 is 1.34 bits per heavy atom. The van der Waals surface area contributed by atoms with Crippen molar-refractivity contribution in [2.45, 2.75) is 13.8 Å². The lowest BCUT2D eigenvalue weighted by molar-refractivity contribution is 1.28. The predicted molar refractivity (Wildman–Crippen MR) is 188 cm³/mol. The molecule has 1 nitrogen and oxygen atoms in total. The molecule has 7 rings (SSSR count). The average molecular weight is 564 g/mol. The first-order valence-corrected chi connectivity index (χ1v) is 15.1. The molecule has 1 heteroatoms. The maximum Gasteiger partial charge on any atom is 0.0546 e. The molecule has 0 aliphatic heterocycles. The van der Waals surface area contributed by atoms with E-state index >= 15 is 0 Å². The quantitative estimate of drug-likeness (QED) is 0.195. The molecule has 1 aliphatic carbocycles. The number of hydrogen-bond donors (Lipinski definition) is 0. The van der Waals surface area contributed by atoms with Crippen LogP contribution in [0.4, 0.5) is 11.4 Å². The summed E-state index contributed by atoms with van der Waals surface area (Å²) < 4.78 is 0. The van der Waals surface area contributed by atoms with Crippen molar-refractivity contribution in [1.29, 1.82) is 0 Å². The van der Waals surface area contributed by atoms with Gasteiger partial charge in [0.2, 0.25) is 0 Å². The van der Waals surface area contributed by atoms with Crippen LogP contribution < -0.4 is 15.3 Å². The van der Waals surface area contributed by atoms with Crippen LogP contribution in [0.3, 0.4) is 0 Å². The lowest BCUT2D eigenvalue weighted by Gasteiger charge is -2.27. The summed E-state index contributed by atoms with van der Waals surface area (Å²) in [4.78, 5) is 2.36. The van der Waals surface area contributed by atoms with Crippen molar-refractivity contribution in [1.82, 2.24) is 0 Å². The third-order valence-corrected chi connectivity index (χ3v) is 8.42. The van der Waals surface area contributed by atoms with Crippen molar-refractivity contribution in [3.8, 4) is 11.1 Å². The van der Waals surface area contributed by atoms with Crippen LogP contribution in [0.25, 0.3) is 38.9 Å². The molecule has 6 aromatic rings. The minimum absolute atomic E-state index is 1.08. The van der Waals surface area contributed by atoms with Gasteiger partial charge < -0.3 is 4.90 Å².